The highest BCUT2D eigenvalue weighted by molar-refractivity contribution is 5.74. The Balaban J connectivity index is 1.76. The van der Waals surface area contributed by atoms with Crippen LogP contribution in [0, 0.1) is 0 Å². The van der Waals surface area contributed by atoms with Gasteiger partial charge in [0, 0.05) is 19.1 Å². The minimum Gasteiger partial charge on any atom is -0.335 e. The molecule has 0 spiro atoms. The van der Waals surface area contributed by atoms with E-state index in [2.05, 4.69) is 5.32 Å². The van der Waals surface area contributed by atoms with Crippen LogP contribution in [0.4, 0.5) is 4.79 Å². The number of hydrogen-bond donors (Lipinski definition) is 1. The van der Waals surface area contributed by atoms with Crippen molar-refractivity contribution in [2.75, 3.05) is 13.1 Å². The van der Waals surface area contributed by atoms with Crippen molar-refractivity contribution in [2.24, 2.45) is 0 Å². The van der Waals surface area contributed by atoms with E-state index in [9.17, 15) is 4.79 Å². The first-order chi connectivity index (χ1) is 7.36. The molecule has 0 aromatic carbocycles. The van der Waals surface area contributed by atoms with Gasteiger partial charge in [-0.05, 0) is 25.7 Å². The van der Waals surface area contributed by atoms with E-state index < -0.39 is 0 Å². The van der Waals surface area contributed by atoms with Gasteiger partial charge in [0.25, 0.3) is 0 Å². The largest absolute Gasteiger partial charge is 0.335 e. The lowest BCUT2D eigenvalue weighted by atomic mass is 10.1. The molecular formula is C12H22N2O. The van der Waals surface area contributed by atoms with Gasteiger partial charge in [-0.3, -0.25) is 0 Å². The second kappa shape index (κ2) is 5.38. The SMILES string of the molecule is O=C(NC1CCCCCC1)N1CCCC1. The third-order valence-corrected chi connectivity index (χ3v) is 3.58. The van der Waals surface area contributed by atoms with Gasteiger partial charge in [0.1, 0.15) is 0 Å². The summed E-state index contributed by atoms with van der Waals surface area (Å²) < 4.78 is 0. The van der Waals surface area contributed by atoms with E-state index in [1.165, 1.54) is 51.4 Å². The predicted octanol–water partition coefficient (Wildman–Crippen LogP) is 2.51. The van der Waals surface area contributed by atoms with Crippen LogP contribution in [-0.2, 0) is 0 Å². The molecule has 1 aliphatic carbocycles. The van der Waals surface area contributed by atoms with E-state index in [0.29, 0.717) is 6.04 Å². The zero-order valence-electron chi connectivity index (χ0n) is 9.50. The molecular weight excluding hydrogens is 188 g/mol. The van der Waals surface area contributed by atoms with Gasteiger partial charge < -0.3 is 10.2 Å². The van der Waals surface area contributed by atoms with Gasteiger partial charge in [0.05, 0.1) is 0 Å². The molecule has 15 heavy (non-hydrogen) atoms. The third kappa shape index (κ3) is 3.11. The molecule has 86 valence electrons. The molecule has 3 heteroatoms. The summed E-state index contributed by atoms with van der Waals surface area (Å²) in [4.78, 5) is 13.8. The number of likely N-dealkylation sites (tertiary alicyclic amines) is 1. The smallest absolute Gasteiger partial charge is 0.317 e. The number of nitrogens with zero attached hydrogens (tertiary/aromatic N) is 1. The molecule has 0 radical (unpaired) electrons. The summed E-state index contributed by atoms with van der Waals surface area (Å²) in [5.74, 6) is 0. The van der Waals surface area contributed by atoms with Crippen molar-refractivity contribution in [3.8, 4) is 0 Å². The first kappa shape index (κ1) is 10.8. The molecule has 3 nitrogen and oxygen atoms in total. The summed E-state index contributed by atoms with van der Waals surface area (Å²) >= 11 is 0. The number of carbonyl (C=O) groups excluding carboxylic acids is 1. The summed E-state index contributed by atoms with van der Waals surface area (Å²) in [6.45, 7) is 1.91. The Hall–Kier alpha value is -0.730. The molecule has 1 saturated carbocycles. The van der Waals surface area contributed by atoms with Crippen LogP contribution in [0.3, 0.4) is 0 Å². The number of carbonyl (C=O) groups is 1. The van der Waals surface area contributed by atoms with Gasteiger partial charge in [0.2, 0.25) is 0 Å². The van der Waals surface area contributed by atoms with Crippen molar-refractivity contribution in [3.05, 3.63) is 0 Å². The summed E-state index contributed by atoms with van der Waals surface area (Å²) in [5.41, 5.74) is 0. The van der Waals surface area contributed by atoms with Crippen molar-refractivity contribution in [1.82, 2.24) is 10.2 Å². The molecule has 0 unspecified atom stereocenters. The van der Waals surface area contributed by atoms with Gasteiger partial charge in [-0.1, -0.05) is 25.7 Å². The van der Waals surface area contributed by atoms with E-state index in [1.807, 2.05) is 4.90 Å². The number of urea groups is 1. The Morgan fingerprint density at radius 1 is 0.933 bits per heavy atom. The highest BCUT2D eigenvalue weighted by Gasteiger charge is 2.21. The minimum absolute atomic E-state index is 0.180. The maximum absolute atomic E-state index is 11.8. The monoisotopic (exact) mass is 210 g/mol. The Morgan fingerprint density at radius 3 is 2.13 bits per heavy atom. The second-order valence-corrected chi connectivity index (χ2v) is 4.83. The fourth-order valence-electron chi connectivity index (χ4n) is 2.61. The van der Waals surface area contributed by atoms with Gasteiger partial charge in [-0.25, -0.2) is 4.79 Å². The van der Waals surface area contributed by atoms with Crippen molar-refractivity contribution in [1.29, 1.82) is 0 Å². The Labute approximate surface area is 92.2 Å². The van der Waals surface area contributed by atoms with Crippen molar-refractivity contribution < 1.29 is 4.79 Å². The van der Waals surface area contributed by atoms with Gasteiger partial charge >= 0.3 is 6.03 Å². The first-order valence-corrected chi connectivity index (χ1v) is 6.42. The highest BCUT2D eigenvalue weighted by atomic mass is 16.2. The number of hydrogen-bond acceptors (Lipinski definition) is 1. The number of rotatable bonds is 1. The second-order valence-electron chi connectivity index (χ2n) is 4.83. The third-order valence-electron chi connectivity index (χ3n) is 3.58. The van der Waals surface area contributed by atoms with Crippen molar-refractivity contribution in [3.63, 3.8) is 0 Å². The molecule has 2 aliphatic rings. The van der Waals surface area contributed by atoms with Crippen LogP contribution in [0.5, 0.6) is 0 Å². The Bertz CT molecular complexity index is 204. The zero-order chi connectivity index (χ0) is 10.5. The van der Waals surface area contributed by atoms with E-state index in [1.54, 1.807) is 0 Å². The van der Waals surface area contributed by atoms with Gasteiger partial charge in [-0.15, -0.1) is 0 Å². The fraction of sp³-hybridized carbons (Fsp3) is 0.917. The zero-order valence-corrected chi connectivity index (χ0v) is 9.50. The number of nitrogens with one attached hydrogen (secondary N) is 1. The summed E-state index contributed by atoms with van der Waals surface area (Å²) in [7, 11) is 0. The lowest BCUT2D eigenvalue weighted by Gasteiger charge is -2.21. The number of amides is 2. The Morgan fingerprint density at radius 2 is 1.53 bits per heavy atom. The Kier molecular flexibility index (Phi) is 3.87. The normalized spacial score (nSPS) is 23.9. The highest BCUT2D eigenvalue weighted by Crippen LogP contribution is 2.18. The van der Waals surface area contributed by atoms with Crippen LogP contribution in [0.2, 0.25) is 0 Å². The first-order valence-electron chi connectivity index (χ1n) is 6.42. The van der Waals surface area contributed by atoms with Crippen LogP contribution in [-0.4, -0.2) is 30.1 Å². The van der Waals surface area contributed by atoms with Crippen LogP contribution in [0.15, 0.2) is 0 Å². The molecule has 1 heterocycles. The summed E-state index contributed by atoms with van der Waals surface area (Å²) in [6, 6.07) is 0.625. The quantitative estimate of drug-likeness (QED) is 0.663. The molecule has 1 saturated heterocycles. The lowest BCUT2D eigenvalue weighted by Crippen LogP contribution is -2.43. The maximum Gasteiger partial charge on any atom is 0.317 e. The maximum atomic E-state index is 11.8. The van der Waals surface area contributed by atoms with E-state index in [0.717, 1.165) is 13.1 Å². The van der Waals surface area contributed by atoms with Crippen LogP contribution >= 0.6 is 0 Å². The standard InChI is InChI=1S/C12H22N2O/c15-12(14-9-5-6-10-14)13-11-7-3-1-2-4-8-11/h11H,1-10H2,(H,13,15). The molecule has 0 bridgehead atoms. The predicted molar refractivity (Wildman–Crippen MR) is 60.8 cm³/mol. The topological polar surface area (TPSA) is 32.3 Å². The molecule has 0 aromatic rings. The molecule has 0 aromatic heterocycles. The van der Waals surface area contributed by atoms with Crippen molar-refractivity contribution in [2.45, 2.75) is 57.4 Å². The van der Waals surface area contributed by atoms with E-state index in [4.69, 9.17) is 0 Å². The molecule has 2 fully saturated rings. The van der Waals surface area contributed by atoms with Crippen molar-refractivity contribution >= 4 is 6.03 Å². The van der Waals surface area contributed by atoms with Crippen LogP contribution in [0.1, 0.15) is 51.4 Å². The molecule has 1 aliphatic heterocycles. The van der Waals surface area contributed by atoms with Crippen LogP contribution < -0.4 is 5.32 Å². The van der Waals surface area contributed by atoms with E-state index >= 15 is 0 Å². The average molecular weight is 210 g/mol. The molecule has 2 amide bonds. The lowest BCUT2D eigenvalue weighted by molar-refractivity contribution is 0.203. The molecule has 0 atom stereocenters. The van der Waals surface area contributed by atoms with E-state index in [-0.39, 0.29) is 6.03 Å². The fourth-order valence-corrected chi connectivity index (χ4v) is 2.61. The summed E-state index contributed by atoms with van der Waals surface area (Å²) in [5, 5.41) is 3.19. The van der Waals surface area contributed by atoms with Gasteiger partial charge in [0.15, 0.2) is 0 Å². The van der Waals surface area contributed by atoms with Crippen LogP contribution in [0.25, 0.3) is 0 Å². The minimum atomic E-state index is 0.180. The molecule has 1 N–H and O–H groups in total. The average Bonchev–Trinajstić information content (AvgIpc) is 2.65. The molecule has 2 rings (SSSR count). The van der Waals surface area contributed by atoms with Gasteiger partial charge in [-0.2, -0.15) is 0 Å². The summed E-state index contributed by atoms with van der Waals surface area (Å²) in [6.07, 6.45) is 9.97.